The number of methoxy groups -OCH3 is 1. The topological polar surface area (TPSA) is 35.2 Å². The van der Waals surface area contributed by atoms with E-state index in [1.807, 2.05) is 18.2 Å². The normalized spacial score (nSPS) is 12.2. The molecule has 100 valence electrons. The Bertz CT molecular complexity index is 519. The molecule has 1 atom stereocenters. The van der Waals surface area contributed by atoms with Gasteiger partial charge in [-0.05, 0) is 41.7 Å². The van der Waals surface area contributed by atoms with Crippen molar-refractivity contribution in [3.8, 4) is 5.75 Å². The van der Waals surface area contributed by atoms with Crippen molar-refractivity contribution in [2.24, 2.45) is 5.73 Å². The fourth-order valence-electron chi connectivity index (χ4n) is 2.17. The zero-order valence-corrected chi connectivity index (χ0v) is 11.6. The fraction of sp³-hybridized carbons (Fsp3) is 0.294. The van der Waals surface area contributed by atoms with Gasteiger partial charge in [0, 0.05) is 6.04 Å². The maximum Gasteiger partial charge on any atom is 0.119 e. The van der Waals surface area contributed by atoms with Crippen LogP contribution in [0.4, 0.5) is 0 Å². The average molecular weight is 255 g/mol. The van der Waals surface area contributed by atoms with Crippen molar-refractivity contribution in [1.82, 2.24) is 0 Å². The number of nitrogens with two attached hydrogens (primary N) is 1. The lowest BCUT2D eigenvalue weighted by atomic mass is 9.98. The zero-order chi connectivity index (χ0) is 13.7. The van der Waals surface area contributed by atoms with E-state index < -0.39 is 0 Å². The van der Waals surface area contributed by atoms with E-state index in [9.17, 15) is 0 Å². The van der Waals surface area contributed by atoms with E-state index in [4.69, 9.17) is 10.5 Å². The molecular weight excluding hydrogens is 234 g/mol. The summed E-state index contributed by atoms with van der Waals surface area (Å²) in [7, 11) is 1.68. The summed E-state index contributed by atoms with van der Waals surface area (Å²) in [5.41, 5.74) is 9.99. The van der Waals surface area contributed by atoms with Gasteiger partial charge in [-0.15, -0.1) is 0 Å². The molecule has 1 unspecified atom stereocenters. The SMILES string of the molecule is CCc1ccc(C(N)Cc2cccc(OC)c2)cc1. The standard InChI is InChI=1S/C17H21NO/c1-3-13-7-9-15(10-8-13)17(18)12-14-5-4-6-16(11-14)19-2/h4-11,17H,3,12,18H2,1-2H3. The molecule has 0 aliphatic rings. The third-order valence-corrected chi connectivity index (χ3v) is 3.41. The van der Waals surface area contributed by atoms with E-state index in [2.05, 4.69) is 37.3 Å². The summed E-state index contributed by atoms with van der Waals surface area (Å²) in [6.07, 6.45) is 1.88. The first-order valence-corrected chi connectivity index (χ1v) is 6.70. The van der Waals surface area contributed by atoms with Crippen LogP contribution in [0.1, 0.15) is 29.7 Å². The Morgan fingerprint density at radius 3 is 2.42 bits per heavy atom. The lowest BCUT2D eigenvalue weighted by Crippen LogP contribution is -2.13. The number of benzene rings is 2. The molecule has 0 bridgehead atoms. The first-order valence-electron chi connectivity index (χ1n) is 6.70. The molecule has 0 fully saturated rings. The summed E-state index contributed by atoms with van der Waals surface area (Å²) in [5.74, 6) is 0.881. The zero-order valence-electron chi connectivity index (χ0n) is 11.6. The summed E-state index contributed by atoms with van der Waals surface area (Å²) >= 11 is 0. The monoisotopic (exact) mass is 255 g/mol. The van der Waals surface area contributed by atoms with Crippen LogP contribution < -0.4 is 10.5 Å². The number of hydrogen-bond acceptors (Lipinski definition) is 2. The Labute approximate surface area is 115 Å². The van der Waals surface area contributed by atoms with Crippen molar-refractivity contribution >= 4 is 0 Å². The van der Waals surface area contributed by atoms with Crippen molar-refractivity contribution in [1.29, 1.82) is 0 Å². The van der Waals surface area contributed by atoms with Crippen molar-refractivity contribution in [3.05, 3.63) is 65.2 Å². The summed E-state index contributed by atoms with van der Waals surface area (Å²) in [5, 5.41) is 0. The predicted molar refractivity (Wildman–Crippen MR) is 79.4 cm³/mol. The van der Waals surface area contributed by atoms with E-state index >= 15 is 0 Å². The first-order chi connectivity index (χ1) is 9.22. The minimum atomic E-state index is 0.0259. The third-order valence-electron chi connectivity index (χ3n) is 3.41. The largest absolute Gasteiger partial charge is 0.497 e. The molecule has 0 aliphatic heterocycles. The molecule has 0 spiro atoms. The van der Waals surface area contributed by atoms with Crippen LogP contribution >= 0.6 is 0 Å². The van der Waals surface area contributed by atoms with Gasteiger partial charge in [0.15, 0.2) is 0 Å². The molecular formula is C17H21NO. The second-order valence-corrected chi connectivity index (χ2v) is 4.76. The van der Waals surface area contributed by atoms with Crippen molar-refractivity contribution in [2.45, 2.75) is 25.8 Å². The van der Waals surface area contributed by atoms with Gasteiger partial charge in [-0.25, -0.2) is 0 Å². The molecule has 2 heteroatoms. The third kappa shape index (κ3) is 3.58. The molecule has 0 saturated heterocycles. The van der Waals surface area contributed by atoms with Gasteiger partial charge in [0.05, 0.1) is 7.11 Å². The van der Waals surface area contributed by atoms with Crippen molar-refractivity contribution < 1.29 is 4.74 Å². The van der Waals surface area contributed by atoms with Crippen LogP contribution in [0.3, 0.4) is 0 Å². The lowest BCUT2D eigenvalue weighted by Gasteiger charge is -2.13. The molecule has 2 nitrogen and oxygen atoms in total. The molecule has 2 aromatic carbocycles. The summed E-state index contributed by atoms with van der Waals surface area (Å²) < 4.78 is 5.23. The second-order valence-electron chi connectivity index (χ2n) is 4.76. The number of aryl methyl sites for hydroxylation is 1. The van der Waals surface area contributed by atoms with E-state index in [-0.39, 0.29) is 6.04 Å². The van der Waals surface area contributed by atoms with Crippen LogP contribution in [-0.4, -0.2) is 7.11 Å². The quantitative estimate of drug-likeness (QED) is 0.887. The van der Waals surface area contributed by atoms with Gasteiger partial charge in [0.1, 0.15) is 5.75 Å². The van der Waals surface area contributed by atoms with Crippen molar-refractivity contribution in [3.63, 3.8) is 0 Å². The van der Waals surface area contributed by atoms with Gasteiger partial charge in [-0.2, -0.15) is 0 Å². The maximum atomic E-state index is 6.27. The molecule has 0 radical (unpaired) electrons. The Morgan fingerprint density at radius 1 is 1.05 bits per heavy atom. The Kier molecular flexibility index (Phi) is 4.58. The smallest absolute Gasteiger partial charge is 0.119 e. The highest BCUT2D eigenvalue weighted by Crippen LogP contribution is 2.20. The molecule has 0 aromatic heterocycles. The van der Waals surface area contributed by atoms with Gasteiger partial charge >= 0.3 is 0 Å². The second kappa shape index (κ2) is 6.39. The van der Waals surface area contributed by atoms with Crippen LogP contribution in [0.15, 0.2) is 48.5 Å². The summed E-state index contributed by atoms with van der Waals surface area (Å²) in [4.78, 5) is 0. The highest BCUT2D eigenvalue weighted by atomic mass is 16.5. The highest BCUT2D eigenvalue weighted by molar-refractivity contribution is 5.31. The molecule has 19 heavy (non-hydrogen) atoms. The van der Waals surface area contributed by atoms with Gasteiger partial charge in [-0.1, -0.05) is 43.3 Å². The molecule has 2 aromatic rings. The number of hydrogen-bond donors (Lipinski definition) is 1. The molecule has 2 N–H and O–H groups in total. The summed E-state index contributed by atoms with van der Waals surface area (Å²) in [6, 6.07) is 16.7. The van der Waals surface area contributed by atoms with Crippen molar-refractivity contribution in [2.75, 3.05) is 7.11 Å². The number of rotatable bonds is 5. The van der Waals surface area contributed by atoms with Crippen LogP contribution in [0.25, 0.3) is 0 Å². The van der Waals surface area contributed by atoms with Gasteiger partial charge in [0.2, 0.25) is 0 Å². The van der Waals surface area contributed by atoms with Gasteiger partial charge in [-0.3, -0.25) is 0 Å². The lowest BCUT2D eigenvalue weighted by molar-refractivity contribution is 0.414. The highest BCUT2D eigenvalue weighted by Gasteiger charge is 2.07. The fourth-order valence-corrected chi connectivity index (χ4v) is 2.17. The Balaban J connectivity index is 2.08. The maximum absolute atomic E-state index is 6.27. The molecule has 0 amide bonds. The summed E-state index contributed by atoms with van der Waals surface area (Å²) in [6.45, 7) is 2.16. The Morgan fingerprint density at radius 2 is 1.79 bits per heavy atom. The predicted octanol–water partition coefficient (Wildman–Crippen LogP) is 3.50. The molecule has 0 aliphatic carbocycles. The minimum absolute atomic E-state index is 0.0259. The number of ether oxygens (including phenoxy) is 1. The molecule has 0 heterocycles. The van der Waals surface area contributed by atoms with E-state index in [0.717, 1.165) is 18.6 Å². The Hall–Kier alpha value is -1.80. The first kappa shape index (κ1) is 13.6. The van der Waals surface area contributed by atoms with Crippen LogP contribution in [0, 0.1) is 0 Å². The van der Waals surface area contributed by atoms with E-state index in [1.54, 1.807) is 7.11 Å². The van der Waals surface area contributed by atoms with Gasteiger partial charge in [0.25, 0.3) is 0 Å². The van der Waals surface area contributed by atoms with Crippen LogP contribution in [0.2, 0.25) is 0 Å². The van der Waals surface area contributed by atoms with Gasteiger partial charge < -0.3 is 10.5 Å². The molecule has 0 saturated carbocycles. The van der Waals surface area contributed by atoms with E-state index in [1.165, 1.54) is 16.7 Å². The minimum Gasteiger partial charge on any atom is -0.497 e. The molecule has 2 rings (SSSR count). The van der Waals surface area contributed by atoms with Crippen LogP contribution in [-0.2, 0) is 12.8 Å². The van der Waals surface area contributed by atoms with E-state index in [0.29, 0.717) is 0 Å². The average Bonchev–Trinajstić information content (AvgIpc) is 2.47. The van der Waals surface area contributed by atoms with Crippen LogP contribution in [0.5, 0.6) is 5.75 Å².